The molecular formula is C15H23N3O2. The molecule has 20 heavy (non-hydrogen) atoms. The molecule has 5 nitrogen and oxygen atoms in total. The van der Waals surface area contributed by atoms with Crippen LogP contribution in [0.2, 0.25) is 0 Å². The number of carbonyl (C=O) groups is 1. The second kappa shape index (κ2) is 6.13. The summed E-state index contributed by atoms with van der Waals surface area (Å²) in [6, 6.07) is 7.91. The lowest BCUT2D eigenvalue weighted by molar-refractivity contribution is -0.134. The van der Waals surface area contributed by atoms with Gasteiger partial charge in [0.2, 0.25) is 5.91 Å². The Bertz CT molecular complexity index is 459. The lowest BCUT2D eigenvalue weighted by Gasteiger charge is -2.40. The van der Waals surface area contributed by atoms with Gasteiger partial charge in [0, 0.05) is 39.4 Å². The SMILES string of the molecule is COc1ccc(N2CCN(C)C(C(=O)N(C)C)C2)cc1. The predicted molar refractivity (Wildman–Crippen MR) is 80.3 cm³/mol. The van der Waals surface area contributed by atoms with E-state index in [4.69, 9.17) is 4.74 Å². The van der Waals surface area contributed by atoms with Crippen LogP contribution in [0.1, 0.15) is 0 Å². The van der Waals surface area contributed by atoms with Crippen molar-refractivity contribution in [1.82, 2.24) is 9.80 Å². The largest absolute Gasteiger partial charge is 0.497 e. The monoisotopic (exact) mass is 277 g/mol. The van der Waals surface area contributed by atoms with Gasteiger partial charge in [-0.15, -0.1) is 0 Å². The third-order valence-corrected chi connectivity index (χ3v) is 3.81. The third kappa shape index (κ3) is 3.04. The molecule has 0 spiro atoms. The number of hydrogen-bond acceptors (Lipinski definition) is 4. The fraction of sp³-hybridized carbons (Fsp3) is 0.533. The fourth-order valence-corrected chi connectivity index (χ4v) is 2.47. The molecule has 0 radical (unpaired) electrons. The van der Waals surface area contributed by atoms with Crippen molar-refractivity contribution in [3.8, 4) is 5.75 Å². The molecule has 1 unspecified atom stereocenters. The van der Waals surface area contributed by atoms with Crippen molar-refractivity contribution >= 4 is 11.6 Å². The van der Waals surface area contributed by atoms with E-state index < -0.39 is 0 Å². The van der Waals surface area contributed by atoms with Crippen LogP contribution >= 0.6 is 0 Å². The van der Waals surface area contributed by atoms with Gasteiger partial charge in [0.1, 0.15) is 11.8 Å². The number of carbonyl (C=O) groups excluding carboxylic acids is 1. The maximum absolute atomic E-state index is 12.2. The number of methoxy groups -OCH3 is 1. The number of ether oxygens (including phenoxy) is 1. The number of hydrogen-bond donors (Lipinski definition) is 0. The number of benzene rings is 1. The zero-order valence-corrected chi connectivity index (χ0v) is 12.7. The number of amides is 1. The quantitative estimate of drug-likeness (QED) is 0.822. The molecule has 1 atom stereocenters. The number of piperazine rings is 1. The van der Waals surface area contributed by atoms with Gasteiger partial charge in [-0.1, -0.05) is 0 Å². The van der Waals surface area contributed by atoms with Gasteiger partial charge >= 0.3 is 0 Å². The minimum absolute atomic E-state index is 0.0825. The molecule has 1 fully saturated rings. The van der Waals surface area contributed by atoms with Crippen LogP contribution in [-0.4, -0.2) is 69.6 Å². The first-order valence-corrected chi connectivity index (χ1v) is 6.83. The number of rotatable bonds is 3. The van der Waals surface area contributed by atoms with Gasteiger partial charge < -0.3 is 14.5 Å². The molecule has 110 valence electrons. The molecule has 1 amide bonds. The third-order valence-electron chi connectivity index (χ3n) is 3.81. The zero-order chi connectivity index (χ0) is 14.7. The highest BCUT2D eigenvalue weighted by atomic mass is 16.5. The molecule has 1 saturated heterocycles. The van der Waals surface area contributed by atoms with Crippen molar-refractivity contribution in [2.24, 2.45) is 0 Å². The van der Waals surface area contributed by atoms with E-state index >= 15 is 0 Å². The topological polar surface area (TPSA) is 36.0 Å². The zero-order valence-electron chi connectivity index (χ0n) is 12.7. The maximum Gasteiger partial charge on any atom is 0.241 e. The highest BCUT2D eigenvalue weighted by Crippen LogP contribution is 2.22. The first kappa shape index (κ1) is 14.7. The van der Waals surface area contributed by atoms with Crippen molar-refractivity contribution in [3.05, 3.63) is 24.3 Å². The van der Waals surface area contributed by atoms with E-state index in [9.17, 15) is 4.79 Å². The second-order valence-corrected chi connectivity index (χ2v) is 5.37. The van der Waals surface area contributed by atoms with Crippen molar-refractivity contribution in [2.45, 2.75) is 6.04 Å². The minimum Gasteiger partial charge on any atom is -0.497 e. The lowest BCUT2D eigenvalue weighted by Crippen LogP contribution is -2.57. The molecular weight excluding hydrogens is 254 g/mol. The van der Waals surface area contributed by atoms with E-state index in [0.717, 1.165) is 31.1 Å². The molecule has 1 heterocycles. The Labute approximate surface area is 120 Å². The summed E-state index contributed by atoms with van der Waals surface area (Å²) in [5.41, 5.74) is 1.13. The molecule has 0 aromatic heterocycles. The molecule has 1 aromatic rings. The molecule has 1 aliphatic rings. The van der Waals surface area contributed by atoms with Gasteiger partial charge in [-0.25, -0.2) is 0 Å². The first-order chi connectivity index (χ1) is 9.52. The van der Waals surface area contributed by atoms with Crippen LogP contribution in [0.4, 0.5) is 5.69 Å². The van der Waals surface area contributed by atoms with E-state index in [0.29, 0.717) is 0 Å². The summed E-state index contributed by atoms with van der Waals surface area (Å²) in [5, 5.41) is 0. The summed E-state index contributed by atoms with van der Waals surface area (Å²) < 4.78 is 5.18. The van der Waals surface area contributed by atoms with Crippen LogP contribution in [0, 0.1) is 0 Å². The average Bonchev–Trinajstić information content (AvgIpc) is 2.47. The molecule has 0 bridgehead atoms. The minimum atomic E-state index is -0.0825. The lowest BCUT2D eigenvalue weighted by atomic mass is 10.1. The molecule has 0 aliphatic carbocycles. The van der Waals surface area contributed by atoms with Crippen molar-refractivity contribution in [2.75, 3.05) is 52.8 Å². The summed E-state index contributed by atoms with van der Waals surface area (Å²) in [5.74, 6) is 1.01. The second-order valence-electron chi connectivity index (χ2n) is 5.37. The highest BCUT2D eigenvalue weighted by molar-refractivity contribution is 5.82. The van der Waals surface area contributed by atoms with E-state index in [2.05, 4.69) is 9.80 Å². The van der Waals surface area contributed by atoms with Crippen LogP contribution < -0.4 is 9.64 Å². The van der Waals surface area contributed by atoms with E-state index in [-0.39, 0.29) is 11.9 Å². The number of nitrogens with zero attached hydrogens (tertiary/aromatic N) is 3. The molecule has 5 heteroatoms. The molecule has 2 rings (SSSR count). The van der Waals surface area contributed by atoms with E-state index in [1.807, 2.05) is 45.4 Å². The Kier molecular flexibility index (Phi) is 4.49. The Morgan fingerprint density at radius 1 is 1.25 bits per heavy atom. The summed E-state index contributed by atoms with van der Waals surface area (Å²) >= 11 is 0. The van der Waals surface area contributed by atoms with E-state index in [1.165, 1.54) is 0 Å². The van der Waals surface area contributed by atoms with E-state index in [1.54, 1.807) is 12.0 Å². The standard InChI is InChI=1S/C15H23N3O2/c1-16(2)15(19)14-11-18(10-9-17(14)3)12-5-7-13(20-4)8-6-12/h5-8,14H,9-11H2,1-4H3. The first-order valence-electron chi connectivity index (χ1n) is 6.83. The van der Waals surface area contributed by atoms with Gasteiger partial charge in [0.25, 0.3) is 0 Å². The van der Waals surface area contributed by atoms with Crippen LogP contribution in [0.25, 0.3) is 0 Å². The number of anilines is 1. The highest BCUT2D eigenvalue weighted by Gasteiger charge is 2.31. The fourth-order valence-electron chi connectivity index (χ4n) is 2.47. The molecule has 1 aliphatic heterocycles. The van der Waals surface area contributed by atoms with Gasteiger partial charge in [0.15, 0.2) is 0 Å². The van der Waals surface area contributed by atoms with Gasteiger partial charge in [-0.05, 0) is 31.3 Å². The Hall–Kier alpha value is -1.75. The summed E-state index contributed by atoms with van der Waals surface area (Å²) in [6.45, 7) is 2.54. The smallest absolute Gasteiger partial charge is 0.241 e. The maximum atomic E-state index is 12.2. The van der Waals surface area contributed by atoms with Crippen LogP contribution in [-0.2, 0) is 4.79 Å². The van der Waals surface area contributed by atoms with Crippen molar-refractivity contribution in [3.63, 3.8) is 0 Å². The summed E-state index contributed by atoms with van der Waals surface area (Å²) in [7, 11) is 7.29. The normalized spacial score (nSPS) is 19.8. The van der Waals surface area contributed by atoms with Gasteiger partial charge in [-0.3, -0.25) is 9.69 Å². The average molecular weight is 277 g/mol. The van der Waals surface area contributed by atoms with Crippen LogP contribution in [0.3, 0.4) is 0 Å². The van der Waals surface area contributed by atoms with Crippen LogP contribution in [0.5, 0.6) is 5.75 Å². The Morgan fingerprint density at radius 3 is 2.45 bits per heavy atom. The molecule has 0 N–H and O–H groups in total. The molecule has 1 aromatic carbocycles. The van der Waals surface area contributed by atoms with Crippen molar-refractivity contribution in [1.29, 1.82) is 0 Å². The Balaban J connectivity index is 2.11. The predicted octanol–water partition coefficient (Wildman–Crippen LogP) is 0.904. The van der Waals surface area contributed by atoms with Crippen molar-refractivity contribution < 1.29 is 9.53 Å². The number of likely N-dealkylation sites (N-methyl/N-ethyl adjacent to an activating group) is 2. The van der Waals surface area contributed by atoms with Gasteiger partial charge in [-0.2, -0.15) is 0 Å². The summed E-state index contributed by atoms with van der Waals surface area (Å²) in [6.07, 6.45) is 0. The van der Waals surface area contributed by atoms with Crippen LogP contribution in [0.15, 0.2) is 24.3 Å². The summed E-state index contributed by atoms with van der Waals surface area (Å²) in [4.78, 5) is 18.3. The van der Waals surface area contributed by atoms with Gasteiger partial charge in [0.05, 0.1) is 7.11 Å². The Morgan fingerprint density at radius 2 is 1.90 bits per heavy atom. The molecule has 0 saturated carbocycles.